The Labute approximate surface area is 192 Å². The first-order valence-electron chi connectivity index (χ1n) is 9.90. The topological polar surface area (TPSA) is 51.2 Å². The van der Waals surface area contributed by atoms with Crippen molar-refractivity contribution in [1.29, 1.82) is 0 Å². The molecule has 8 heteroatoms. The van der Waals surface area contributed by atoms with E-state index in [1.165, 1.54) is 11.8 Å². The van der Waals surface area contributed by atoms with Gasteiger partial charge in [-0.25, -0.2) is 0 Å². The minimum atomic E-state index is -0.153. The van der Waals surface area contributed by atoms with Crippen LogP contribution in [-0.2, 0) is 4.79 Å². The lowest BCUT2D eigenvalue weighted by molar-refractivity contribution is -0.113. The summed E-state index contributed by atoms with van der Waals surface area (Å²) in [7, 11) is 4.67. The van der Waals surface area contributed by atoms with Gasteiger partial charge in [0, 0.05) is 18.8 Å². The molecule has 3 rings (SSSR count). The Balaban J connectivity index is 1.90. The second-order valence-corrected chi connectivity index (χ2v) is 8.34. The Bertz CT molecular complexity index is 976. The van der Waals surface area contributed by atoms with E-state index in [0.717, 1.165) is 30.0 Å². The molecule has 1 saturated heterocycles. The lowest BCUT2D eigenvalue weighted by atomic mass is 10.1. The summed E-state index contributed by atoms with van der Waals surface area (Å²) in [6, 6.07) is 11.5. The molecule has 164 valence electrons. The summed E-state index contributed by atoms with van der Waals surface area (Å²) in [5, 5.41) is 0. The summed E-state index contributed by atoms with van der Waals surface area (Å²) < 4.78 is 16.7. The monoisotopic (exact) mass is 458 g/mol. The van der Waals surface area contributed by atoms with E-state index in [2.05, 4.69) is 18.7 Å². The number of ether oxygens (including phenoxy) is 3. The zero-order valence-corrected chi connectivity index (χ0v) is 19.9. The van der Waals surface area contributed by atoms with Crippen LogP contribution < -0.4 is 24.0 Å². The molecule has 1 aliphatic heterocycles. The van der Waals surface area contributed by atoms with Crippen LogP contribution in [0.1, 0.15) is 19.4 Å². The summed E-state index contributed by atoms with van der Waals surface area (Å²) in [5.74, 6) is 1.40. The molecular weight excluding hydrogens is 432 g/mol. The van der Waals surface area contributed by atoms with Crippen LogP contribution >= 0.6 is 24.0 Å². The van der Waals surface area contributed by atoms with Gasteiger partial charge in [0.25, 0.3) is 5.91 Å². The number of thiocarbonyl (C=S) groups is 1. The first kappa shape index (κ1) is 23.0. The normalized spacial score (nSPS) is 14.9. The second-order valence-electron chi connectivity index (χ2n) is 6.66. The van der Waals surface area contributed by atoms with Gasteiger partial charge in [-0.1, -0.05) is 24.0 Å². The number of amides is 1. The Morgan fingerprint density at radius 1 is 1.00 bits per heavy atom. The molecule has 0 saturated carbocycles. The number of thioether (sulfide) groups is 1. The summed E-state index contributed by atoms with van der Waals surface area (Å²) in [6.45, 7) is 6.09. The van der Waals surface area contributed by atoms with Gasteiger partial charge in [-0.05, 0) is 61.9 Å². The van der Waals surface area contributed by atoms with Crippen molar-refractivity contribution in [1.82, 2.24) is 0 Å². The third-order valence-electron chi connectivity index (χ3n) is 5.02. The van der Waals surface area contributed by atoms with Crippen LogP contribution in [0.4, 0.5) is 11.4 Å². The van der Waals surface area contributed by atoms with Crippen molar-refractivity contribution in [3.05, 3.63) is 46.9 Å². The molecule has 0 atom stereocenters. The number of benzene rings is 2. The molecule has 0 radical (unpaired) electrons. The van der Waals surface area contributed by atoms with Crippen LogP contribution in [-0.4, -0.2) is 44.6 Å². The molecule has 0 bridgehead atoms. The van der Waals surface area contributed by atoms with Crippen LogP contribution in [0.25, 0.3) is 6.08 Å². The van der Waals surface area contributed by atoms with E-state index < -0.39 is 0 Å². The quantitative estimate of drug-likeness (QED) is 0.409. The molecule has 1 aliphatic rings. The van der Waals surface area contributed by atoms with Crippen molar-refractivity contribution in [2.45, 2.75) is 13.8 Å². The number of methoxy groups -OCH3 is 3. The fourth-order valence-electron chi connectivity index (χ4n) is 3.43. The van der Waals surface area contributed by atoms with Crippen LogP contribution in [0.5, 0.6) is 17.2 Å². The Morgan fingerprint density at radius 3 is 2.06 bits per heavy atom. The molecule has 6 nitrogen and oxygen atoms in total. The van der Waals surface area contributed by atoms with E-state index in [4.69, 9.17) is 26.4 Å². The van der Waals surface area contributed by atoms with Crippen LogP contribution in [0.15, 0.2) is 41.3 Å². The van der Waals surface area contributed by atoms with E-state index >= 15 is 0 Å². The van der Waals surface area contributed by atoms with E-state index in [0.29, 0.717) is 26.5 Å². The van der Waals surface area contributed by atoms with Gasteiger partial charge in [0.2, 0.25) is 5.75 Å². The highest BCUT2D eigenvalue weighted by molar-refractivity contribution is 8.27. The highest BCUT2D eigenvalue weighted by Gasteiger charge is 2.33. The summed E-state index contributed by atoms with van der Waals surface area (Å²) in [5.41, 5.74) is 2.63. The molecule has 2 aromatic rings. The number of hydrogen-bond donors (Lipinski definition) is 0. The van der Waals surface area contributed by atoms with Gasteiger partial charge < -0.3 is 19.1 Å². The van der Waals surface area contributed by atoms with Gasteiger partial charge in [-0.3, -0.25) is 9.69 Å². The molecule has 0 aliphatic carbocycles. The maximum atomic E-state index is 13.1. The Morgan fingerprint density at radius 2 is 1.58 bits per heavy atom. The SMILES string of the molecule is CCN(CC)c1ccc(N2C(=O)/C(=C/c3cc(OC)c(OC)c(OC)c3)SC2=S)cc1. The minimum Gasteiger partial charge on any atom is -0.493 e. The molecule has 1 heterocycles. The first-order valence-corrected chi connectivity index (χ1v) is 11.1. The molecule has 0 N–H and O–H groups in total. The Hall–Kier alpha value is -2.71. The summed E-state index contributed by atoms with van der Waals surface area (Å²) in [6.07, 6.45) is 1.79. The highest BCUT2D eigenvalue weighted by atomic mass is 32.2. The van der Waals surface area contributed by atoms with Crippen molar-refractivity contribution >= 4 is 51.7 Å². The number of rotatable bonds is 8. The zero-order valence-electron chi connectivity index (χ0n) is 18.3. The van der Waals surface area contributed by atoms with Gasteiger partial charge >= 0.3 is 0 Å². The lowest BCUT2D eigenvalue weighted by Crippen LogP contribution is -2.27. The van der Waals surface area contributed by atoms with Gasteiger partial charge in [0.05, 0.1) is 31.9 Å². The maximum absolute atomic E-state index is 13.1. The second kappa shape index (κ2) is 10.1. The summed E-state index contributed by atoms with van der Waals surface area (Å²) >= 11 is 6.78. The first-order chi connectivity index (χ1) is 15.0. The molecule has 0 spiro atoms. The van der Waals surface area contributed by atoms with E-state index in [-0.39, 0.29) is 5.91 Å². The van der Waals surface area contributed by atoms with Gasteiger partial charge in [0.1, 0.15) is 0 Å². The molecule has 2 aromatic carbocycles. The standard InChI is InChI=1S/C23H26N2O4S2/c1-6-24(7-2)16-8-10-17(11-9-16)25-22(26)20(31-23(25)30)14-15-12-18(27-3)21(29-5)19(13-15)28-4/h8-14H,6-7H2,1-5H3/b20-14-. The van der Waals surface area contributed by atoms with E-state index in [9.17, 15) is 4.79 Å². The molecule has 0 aromatic heterocycles. The largest absolute Gasteiger partial charge is 0.493 e. The summed E-state index contributed by atoms with van der Waals surface area (Å²) in [4.78, 5) is 17.5. The zero-order chi connectivity index (χ0) is 22.5. The molecular formula is C23H26N2O4S2. The van der Waals surface area contributed by atoms with Crippen LogP contribution in [0.2, 0.25) is 0 Å². The minimum absolute atomic E-state index is 0.153. The van der Waals surface area contributed by atoms with Crippen molar-refractivity contribution in [2.24, 2.45) is 0 Å². The average Bonchev–Trinajstić information content (AvgIpc) is 3.07. The number of hydrogen-bond acceptors (Lipinski definition) is 7. The molecule has 1 fully saturated rings. The van der Waals surface area contributed by atoms with Gasteiger partial charge in [-0.2, -0.15) is 0 Å². The van der Waals surface area contributed by atoms with E-state index in [1.54, 1.807) is 44.4 Å². The fourth-order valence-corrected chi connectivity index (χ4v) is 4.73. The Kier molecular flexibility index (Phi) is 7.46. The number of anilines is 2. The van der Waals surface area contributed by atoms with E-state index in [1.807, 2.05) is 24.3 Å². The van der Waals surface area contributed by atoms with Gasteiger partial charge in [0.15, 0.2) is 15.8 Å². The van der Waals surface area contributed by atoms with Crippen LogP contribution in [0, 0.1) is 0 Å². The molecule has 0 unspecified atom stereocenters. The van der Waals surface area contributed by atoms with Crippen LogP contribution in [0.3, 0.4) is 0 Å². The maximum Gasteiger partial charge on any atom is 0.270 e. The van der Waals surface area contributed by atoms with Crippen molar-refractivity contribution in [3.63, 3.8) is 0 Å². The number of carbonyl (C=O) groups excluding carboxylic acids is 1. The van der Waals surface area contributed by atoms with Crippen molar-refractivity contribution < 1.29 is 19.0 Å². The smallest absolute Gasteiger partial charge is 0.270 e. The van der Waals surface area contributed by atoms with Crippen molar-refractivity contribution in [2.75, 3.05) is 44.2 Å². The number of carbonyl (C=O) groups is 1. The fraction of sp³-hybridized carbons (Fsp3) is 0.304. The van der Waals surface area contributed by atoms with Gasteiger partial charge in [-0.15, -0.1) is 0 Å². The third kappa shape index (κ3) is 4.65. The van der Waals surface area contributed by atoms with Crippen molar-refractivity contribution in [3.8, 4) is 17.2 Å². The molecule has 31 heavy (non-hydrogen) atoms. The third-order valence-corrected chi connectivity index (χ3v) is 6.32. The number of nitrogens with zero attached hydrogens (tertiary/aromatic N) is 2. The average molecular weight is 459 g/mol. The molecule has 1 amide bonds. The lowest BCUT2D eigenvalue weighted by Gasteiger charge is -2.22. The predicted molar refractivity (Wildman–Crippen MR) is 132 cm³/mol. The highest BCUT2D eigenvalue weighted by Crippen LogP contribution is 2.41. The predicted octanol–water partition coefficient (Wildman–Crippen LogP) is 4.96.